The second-order valence-electron chi connectivity index (χ2n) is 3.94. The molecular weight excluding hydrogens is 200 g/mol. The molecule has 0 bridgehead atoms. The van der Waals surface area contributed by atoms with Crippen LogP contribution in [0.5, 0.6) is 0 Å². The van der Waals surface area contributed by atoms with Gasteiger partial charge in [0.05, 0.1) is 6.20 Å². The maximum atomic E-state index is 5.84. The third kappa shape index (κ3) is 2.21. The van der Waals surface area contributed by atoms with Crippen LogP contribution in [-0.4, -0.2) is 14.8 Å². The van der Waals surface area contributed by atoms with Crippen LogP contribution in [0.1, 0.15) is 23.6 Å². The van der Waals surface area contributed by atoms with Crippen molar-refractivity contribution in [1.29, 1.82) is 0 Å². The highest BCUT2D eigenvalue weighted by molar-refractivity contribution is 5.43. The summed E-state index contributed by atoms with van der Waals surface area (Å²) in [4.78, 5) is 4.15. The maximum absolute atomic E-state index is 5.84. The molecule has 0 saturated carbocycles. The van der Waals surface area contributed by atoms with Gasteiger partial charge < -0.3 is 5.73 Å². The number of nitrogen functional groups attached to an aromatic ring is 1. The van der Waals surface area contributed by atoms with Crippen LogP contribution in [0.2, 0.25) is 0 Å². The van der Waals surface area contributed by atoms with E-state index in [4.69, 9.17) is 5.73 Å². The Morgan fingerprint density at radius 3 is 2.88 bits per heavy atom. The largest absolute Gasteiger partial charge is 0.383 e. The standard InChI is InChI=1S/C12H16N4/c1-3-16-8-10(7-15-16)5-11-4-9(2)6-14-12(11)13/h4,6-8H,3,5H2,1-2H3,(H2,13,14). The third-order valence-corrected chi connectivity index (χ3v) is 2.54. The van der Waals surface area contributed by atoms with Gasteiger partial charge in [-0.05, 0) is 30.5 Å². The van der Waals surface area contributed by atoms with Gasteiger partial charge in [0.2, 0.25) is 0 Å². The van der Waals surface area contributed by atoms with Crippen molar-refractivity contribution in [3.8, 4) is 0 Å². The molecular formula is C12H16N4. The summed E-state index contributed by atoms with van der Waals surface area (Å²) < 4.78 is 1.91. The van der Waals surface area contributed by atoms with Crippen molar-refractivity contribution in [1.82, 2.24) is 14.8 Å². The van der Waals surface area contributed by atoms with Crippen molar-refractivity contribution in [2.24, 2.45) is 0 Å². The van der Waals surface area contributed by atoms with E-state index in [1.165, 1.54) is 5.56 Å². The van der Waals surface area contributed by atoms with Gasteiger partial charge in [-0.1, -0.05) is 6.07 Å². The summed E-state index contributed by atoms with van der Waals surface area (Å²) in [7, 11) is 0. The highest BCUT2D eigenvalue weighted by atomic mass is 15.3. The number of hydrogen-bond acceptors (Lipinski definition) is 3. The average Bonchev–Trinajstić information content (AvgIpc) is 2.71. The molecule has 0 unspecified atom stereocenters. The molecule has 2 aromatic rings. The zero-order chi connectivity index (χ0) is 11.5. The first-order valence-corrected chi connectivity index (χ1v) is 5.41. The lowest BCUT2D eigenvalue weighted by Crippen LogP contribution is -1.99. The van der Waals surface area contributed by atoms with E-state index >= 15 is 0 Å². The van der Waals surface area contributed by atoms with Crippen LogP contribution in [0, 0.1) is 6.92 Å². The van der Waals surface area contributed by atoms with E-state index < -0.39 is 0 Å². The highest BCUT2D eigenvalue weighted by Gasteiger charge is 2.04. The minimum atomic E-state index is 0.606. The van der Waals surface area contributed by atoms with Gasteiger partial charge in [-0.25, -0.2) is 4.98 Å². The third-order valence-electron chi connectivity index (χ3n) is 2.54. The number of rotatable bonds is 3. The number of hydrogen-bond donors (Lipinski definition) is 1. The number of nitrogens with two attached hydrogens (primary N) is 1. The van der Waals surface area contributed by atoms with Crippen molar-refractivity contribution in [2.45, 2.75) is 26.8 Å². The Morgan fingerprint density at radius 1 is 1.38 bits per heavy atom. The van der Waals surface area contributed by atoms with Gasteiger partial charge in [0, 0.05) is 25.4 Å². The molecule has 0 aliphatic rings. The van der Waals surface area contributed by atoms with E-state index in [-0.39, 0.29) is 0 Å². The molecule has 2 N–H and O–H groups in total. The van der Waals surface area contributed by atoms with Crippen LogP contribution in [-0.2, 0) is 13.0 Å². The number of aromatic nitrogens is 3. The molecule has 4 heteroatoms. The van der Waals surface area contributed by atoms with Gasteiger partial charge in [-0.15, -0.1) is 0 Å². The lowest BCUT2D eigenvalue weighted by molar-refractivity contribution is 0.659. The maximum Gasteiger partial charge on any atom is 0.126 e. The number of pyridine rings is 1. The summed E-state index contributed by atoms with van der Waals surface area (Å²) in [5.74, 6) is 0.606. The van der Waals surface area contributed by atoms with Crippen LogP contribution in [0.4, 0.5) is 5.82 Å². The predicted molar refractivity (Wildman–Crippen MR) is 64.1 cm³/mol. The molecule has 0 fully saturated rings. The summed E-state index contributed by atoms with van der Waals surface area (Å²) >= 11 is 0. The Hall–Kier alpha value is -1.84. The lowest BCUT2D eigenvalue weighted by atomic mass is 10.1. The molecule has 2 heterocycles. The lowest BCUT2D eigenvalue weighted by Gasteiger charge is -2.03. The molecule has 2 aromatic heterocycles. The van der Waals surface area contributed by atoms with Crippen LogP contribution in [0.15, 0.2) is 24.7 Å². The second-order valence-corrected chi connectivity index (χ2v) is 3.94. The first-order chi connectivity index (χ1) is 7.69. The van der Waals surface area contributed by atoms with Crippen molar-refractivity contribution >= 4 is 5.82 Å². The Bertz CT molecular complexity index is 488. The molecule has 0 atom stereocenters. The summed E-state index contributed by atoms with van der Waals surface area (Å²) in [5.41, 5.74) is 9.20. The van der Waals surface area contributed by atoms with E-state index in [0.29, 0.717) is 5.82 Å². The van der Waals surface area contributed by atoms with Gasteiger partial charge in [0.25, 0.3) is 0 Å². The number of aryl methyl sites for hydroxylation is 2. The fraction of sp³-hybridized carbons (Fsp3) is 0.333. The predicted octanol–water partition coefficient (Wildman–Crippen LogP) is 1.78. The minimum absolute atomic E-state index is 0.606. The van der Waals surface area contributed by atoms with Gasteiger partial charge in [0.15, 0.2) is 0 Å². The summed E-state index contributed by atoms with van der Waals surface area (Å²) in [6, 6.07) is 2.08. The molecule has 0 radical (unpaired) electrons. The topological polar surface area (TPSA) is 56.7 Å². The molecule has 0 amide bonds. The van der Waals surface area contributed by atoms with Gasteiger partial charge in [-0.3, -0.25) is 4.68 Å². The summed E-state index contributed by atoms with van der Waals surface area (Å²) in [6.45, 7) is 4.98. The Kier molecular flexibility index (Phi) is 2.90. The fourth-order valence-corrected chi connectivity index (χ4v) is 1.67. The molecule has 84 valence electrons. The monoisotopic (exact) mass is 216 g/mol. The van der Waals surface area contributed by atoms with Gasteiger partial charge in [0.1, 0.15) is 5.82 Å². The van der Waals surface area contributed by atoms with Gasteiger partial charge in [-0.2, -0.15) is 5.10 Å². The van der Waals surface area contributed by atoms with Crippen molar-refractivity contribution < 1.29 is 0 Å². The van der Waals surface area contributed by atoms with E-state index in [9.17, 15) is 0 Å². The van der Waals surface area contributed by atoms with E-state index in [2.05, 4.69) is 23.1 Å². The van der Waals surface area contributed by atoms with E-state index in [1.54, 1.807) is 6.20 Å². The Labute approximate surface area is 95.1 Å². The fourth-order valence-electron chi connectivity index (χ4n) is 1.67. The highest BCUT2D eigenvalue weighted by Crippen LogP contribution is 2.15. The van der Waals surface area contributed by atoms with Crippen LogP contribution < -0.4 is 5.73 Å². The molecule has 0 spiro atoms. The van der Waals surface area contributed by atoms with Crippen LogP contribution in [0.3, 0.4) is 0 Å². The molecule has 16 heavy (non-hydrogen) atoms. The zero-order valence-corrected chi connectivity index (χ0v) is 9.64. The molecule has 0 saturated heterocycles. The molecule has 4 nitrogen and oxygen atoms in total. The summed E-state index contributed by atoms with van der Waals surface area (Å²) in [5, 5.41) is 4.24. The smallest absolute Gasteiger partial charge is 0.126 e. The van der Waals surface area contributed by atoms with Crippen LogP contribution in [0.25, 0.3) is 0 Å². The first-order valence-electron chi connectivity index (χ1n) is 5.41. The number of nitrogens with zero attached hydrogens (tertiary/aromatic N) is 3. The first kappa shape index (κ1) is 10.7. The molecule has 2 rings (SSSR count). The quantitative estimate of drug-likeness (QED) is 0.850. The van der Waals surface area contributed by atoms with E-state index in [1.807, 2.05) is 24.0 Å². The molecule has 0 aliphatic heterocycles. The van der Waals surface area contributed by atoms with Crippen molar-refractivity contribution in [3.63, 3.8) is 0 Å². The summed E-state index contributed by atoms with van der Waals surface area (Å²) in [6.07, 6.45) is 6.50. The molecule has 0 aliphatic carbocycles. The average molecular weight is 216 g/mol. The zero-order valence-electron chi connectivity index (χ0n) is 9.64. The minimum Gasteiger partial charge on any atom is -0.383 e. The molecule has 0 aromatic carbocycles. The van der Waals surface area contributed by atoms with Crippen LogP contribution >= 0.6 is 0 Å². The SMILES string of the molecule is CCn1cc(Cc2cc(C)cnc2N)cn1. The van der Waals surface area contributed by atoms with E-state index in [0.717, 1.165) is 24.1 Å². The number of anilines is 1. The Balaban J connectivity index is 2.22. The second kappa shape index (κ2) is 4.35. The normalized spacial score (nSPS) is 10.6. The van der Waals surface area contributed by atoms with Crippen molar-refractivity contribution in [2.75, 3.05) is 5.73 Å². The van der Waals surface area contributed by atoms with Gasteiger partial charge >= 0.3 is 0 Å². The van der Waals surface area contributed by atoms with Crippen molar-refractivity contribution in [3.05, 3.63) is 41.3 Å². The Morgan fingerprint density at radius 2 is 2.19 bits per heavy atom.